The summed E-state index contributed by atoms with van der Waals surface area (Å²) in [6.45, 7) is 6.09. The number of carbonyl (C=O) groups excluding carboxylic acids is 1. The monoisotopic (exact) mass is 538 g/mol. The van der Waals surface area contributed by atoms with E-state index in [1.807, 2.05) is 24.3 Å². The molecule has 1 saturated carbocycles. The summed E-state index contributed by atoms with van der Waals surface area (Å²) in [6, 6.07) is 14.8. The fraction of sp³-hybridized carbons (Fsp3) is 0.385. The van der Waals surface area contributed by atoms with Gasteiger partial charge in [-0.15, -0.1) is 23.7 Å². The fourth-order valence-corrected chi connectivity index (χ4v) is 5.62. The Balaban J connectivity index is 0.00000324. The van der Waals surface area contributed by atoms with Crippen LogP contribution in [0.1, 0.15) is 49.1 Å². The molecule has 1 unspecified atom stereocenters. The number of nitrogens with zero attached hydrogens (tertiary/aromatic N) is 2. The molecule has 0 aliphatic heterocycles. The highest BCUT2D eigenvalue weighted by molar-refractivity contribution is 7.16. The van der Waals surface area contributed by atoms with E-state index in [2.05, 4.69) is 30.9 Å². The Bertz CT molecular complexity index is 1130. The van der Waals surface area contributed by atoms with Crippen LogP contribution in [-0.4, -0.2) is 23.0 Å². The van der Waals surface area contributed by atoms with Gasteiger partial charge < -0.3 is 9.64 Å². The van der Waals surface area contributed by atoms with E-state index in [0.717, 1.165) is 39.7 Å². The molecule has 0 saturated heterocycles. The topological polar surface area (TPSA) is 42.4 Å². The number of aryl methyl sites for hydroxylation is 1. The quantitative estimate of drug-likeness (QED) is 0.259. The van der Waals surface area contributed by atoms with Gasteiger partial charge in [0.15, 0.2) is 5.13 Å². The van der Waals surface area contributed by atoms with E-state index in [1.165, 1.54) is 25.3 Å². The lowest BCUT2D eigenvalue weighted by Crippen LogP contribution is -2.38. The third kappa shape index (κ3) is 6.45. The van der Waals surface area contributed by atoms with Crippen molar-refractivity contribution in [1.29, 1.82) is 0 Å². The molecule has 1 heterocycles. The minimum absolute atomic E-state index is 0. The van der Waals surface area contributed by atoms with Gasteiger partial charge in [0.25, 0.3) is 0 Å². The van der Waals surface area contributed by atoms with E-state index < -0.39 is 0 Å². The summed E-state index contributed by atoms with van der Waals surface area (Å²) in [6.07, 6.45) is 4.37. The lowest BCUT2D eigenvalue weighted by atomic mass is 10.0. The van der Waals surface area contributed by atoms with Crippen molar-refractivity contribution >= 4 is 58.0 Å². The van der Waals surface area contributed by atoms with Crippen LogP contribution in [0.4, 0.5) is 5.13 Å². The Hall–Kier alpha value is -1.79. The number of carbonyl (C=O) groups is 1. The van der Waals surface area contributed by atoms with E-state index in [-0.39, 0.29) is 18.4 Å². The largest absolute Gasteiger partial charge is 0.461 e. The van der Waals surface area contributed by atoms with Crippen LogP contribution >= 0.6 is 46.9 Å². The molecular formula is C26H29Cl3N2O2S. The number of thiazole rings is 1. The van der Waals surface area contributed by atoms with Crippen molar-refractivity contribution in [3.63, 3.8) is 0 Å². The van der Waals surface area contributed by atoms with Crippen LogP contribution in [0.3, 0.4) is 0 Å². The normalized spacial score (nSPS) is 13.8. The first-order valence-electron chi connectivity index (χ1n) is 11.3. The minimum Gasteiger partial charge on any atom is -0.461 e. The zero-order valence-corrected chi connectivity index (χ0v) is 22.7. The Morgan fingerprint density at radius 1 is 1.18 bits per heavy atom. The van der Waals surface area contributed by atoms with Gasteiger partial charge in [0.2, 0.25) is 0 Å². The van der Waals surface area contributed by atoms with Gasteiger partial charge >= 0.3 is 5.97 Å². The van der Waals surface area contributed by atoms with Crippen LogP contribution in [0.15, 0.2) is 42.5 Å². The molecule has 1 fully saturated rings. The molecule has 0 N–H and O–H groups in total. The summed E-state index contributed by atoms with van der Waals surface area (Å²) in [5, 5.41) is 2.32. The predicted octanol–water partition coefficient (Wildman–Crippen LogP) is 7.90. The standard InChI is InChI=1S/C26H28Cl2N2O2S.ClH/c1-4-21(13-18-5-7-19(8-6-18)15-32-17(3)31)30(22-10-11-22)26-29-25(16(2)33-26)23-12-9-20(27)14-24(23)28;/h5-9,12,14,21-22H,4,10-11,13,15H2,1-3H3;1H. The average Bonchev–Trinajstić information content (AvgIpc) is 3.54. The van der Waals surface area contributed by atoms with Gasteiger partial charge in [0.1, 0.15) is 6.61 Å². The number of aromatic nitrogens is 1. The second-order valence-corrected chi connectivity index (χ2v) is 10.6. The molecule has 2 aromatic carbocycles. The second-order valence-electron chi connectivity index (χ2n) is 8.53. The van der Waals surface area contributed by atoms with Crippen LogP contribution in [0.25, 0.3) is 11.3 Å². The van der Waals surface area contributed by atoms with E-state index >= 15 is 0 Å². The molecule has 0 spiro atoms. The summed E-state index contributed by atoms with van der Waals surface area (Å²) in [5.74, 6) is -0.261. The van der Waals surface area contributed by atoms with Gasteiger partial charge in [0.05, 0.1) is 10.7 Å². The number of hydrogen-bond donors (Lipinski definition) is 0. The zero-order chi connectivity index (χ0) is 23.5. The summed E-state index contributed by atoms with van der Waals surface area (Å²) < 4.78 is 5.10. The maximum atomic E-state index is 11.1. The van der Waals surface area contributed by atoms with Crippen molar-refractivity contribution < 1.29 is 9.53 Å². The van der Waals surface area contributed by atoms with Crippen LogP contribution in [-0.2, 0) is 22.6 Å². The van der Waals surface area contributed by atoms with Crippen molar-refractivity contribution in [2.45, 2.75) is 65.1 Å². The van der Waals surface area contributed by atoms with Gasteiger partial charge in [-0.25, -0.2) is 4.98 Å². The molecule has 1 aliphatic rings. The van der Waals surface area contributed by atoms with Gasteiger partial charge in [-0.3, -0.25) is 4.79 Å². The molecule has 3 aromatic rings. The van der Waals surface area contributed by atoms with Crippen molar-refractivity contribution in [2.24, 2.45) is 0 Å². The predicted molar refractivity (Wildman–Crippen MR) is 145 cm³/mol. The number of hydrogen-bond acceptors (Lipinski definition) is 5. The molecule has 8 heteroatoms. The van der Waals surface area contributed by atoms with Crippen LogP contribution in [0, 0.1) is 6.92 Å². The van der Waals surface area contributed by atoms with E-state index in [9.17, 15) is 4.79 Å². The first-order valence-corrected chi connectivity index (χ1v) is 12.8. The summed E-state index contributed by atoms with van der Waals surface area (Å²) >= 11 is 14.3. The molecule has 1 atom stereocenters. The highest BCUT2D eigenvalue weighted by Gasteiger charge is 2.35. The third-order valence-corrected chi connectivity index (χ3v) is 7.47. The van der Waals surface area contributed by atoms with Gasteiger partial charge in [-0.05, 0) is 61.9 Å². The summed E-state index contributed by atoms with van der Waals surface area (Å²) in [4.78, 5) is 19.8. The number of anilines is 1. The van der Waals surface area contributed by atoms with Crippen molar-refractivity contribution in [3.8, 4) is 11.3 Å². The van der Waals surface area contributed by atoms with Crippen molar-refractivity contribution in [3.05, 3.63) is 68.5 Å². The van der Waals surface area contributed by atoms with Gasteiger partial charge in [-0.1, -0.05) is 54.4 Å². The molecule has 0 radical (unpaired) electrons. The molecule has 182 valence electrons. The fourth-order valence-electron chi connectivity index (χ4n) is 4.06. The maximum Gasteiger partial charge on any atom is 0.302 e. The van der Waals surface area contributed by atoms with E-state index in [0.29, 0.717) is 28.7 Å². The Morgan fingerprint density at radius 2 is 1.85 bits per heavy atom. The Morgan fingerprint density at radius 3 is 2.44 bits per heavy atom. The molecule has 34 heavy (non-hydrogen) atoms. The number of halogens is 3. The number of ether oxygens (including phenoxy) is 1. The first kappa shape index (κ1) is 26.8. The van der Waals surface area contributed by atoms with Gasteiger partial charge in [-0.2, -0.15) is 0 Å². The zero-order valence-electron chi connectivity index (χ0n) is 19.5. The van der Waals surface area contributed by atoms with Crippen molar-refractivity contribution in [2.75, 3.05) is 4.90 Å². The highest BCUT2D eigenvalue weighted by Crippen LogP contribution is 2.42. The van der Waals surface area contributed by atoms with Crippen molar-refractivity contribution in [1.82, 2.24) is 4.98 Å². The molecule has 4 nitrogen and oxygen atoms in total. The Kier molecular flexibility index (Phi) is 9.27. The number of esters is 1. The molecule has 1 aromatic heterocycles. The molecular weight excluding hydrogens is 511 g/mol. The highest BCUT2D eigenvalue weighted by atomic mass is 35.5. The second kappa shape index (κ2) is 11.8. The number of benzene rings is 2. The van der Waals surface area contributed by atoms with E-state index in [4.69, 9.17) is 32.9 Å². The van der Waals surface area contributed by atoms with Crippen LogP contribution in [0.5, 0.6) is 0 Å². The third-order valence-electron chi connectivity index (χ3n) is 5.93. The summed E-state index contributed by atoms with van der Waals surface area (Å²) in [7, 11) is 0. The SMILES string of the molecule is CCC(Cc1ccc(COC(C)=O)cc1)N(c1nc(-c2ccc(Cl)cc2Cl)c(C)s1)C1CC1.Cl. The average molecular weight is 540 g/mol. The lowest BCUT2D eigenvalue weighted by Gasteiger charge is -2.31. The van der Waals surface area contributed by atoms with E-state index in [1.54, 1.807) is 17.4 Å². The van der Waals surface area contributed by atoms with Crippen LogP contribution in [0.2, 0.25) is 10.0 Å². The molecule has 4 rings (SSSR count). The van der Waals surface area contributed by atoms with Gasteiger partial charge in [0, 0.05) is 34.5 Å². The maximum absolute atomic E-state index is 11.1. The molecule has 1 aliphatic carbocycles. The first-order chi connectivity index (χ1) is 15.9. The summed E-state index contributed by atoms with van der Waals surface area (Å²) in [5.41, 5.74) is 4.13. The lowest BCUT2D eigenvalue weighted by molar-refractivity contribution is -0.142. The number of rotatable bonds is 9. The minimum atomic E-state index is -0.261. The Labute approximate surface area is 221 Å². The molecule has 0 amide bonds. The molecule has 0 bridgehead atoms. The smallest absolute Gasteiger partial charge is 0.302 e. The van der Waals surface area contributed by atoms with Crippen LogP contribution < -0.4 is 4.90 Å².